The van der Waals surface area contributed by atoms with Crippen LogP contribution in [-0.2, 0) is 16.1 Å². The molecule has 0 fully saturated rings. The topological polar surface area (TPSA) is 102 Å². The van der Waals surface area contributed by atoms with E-state index in [2.05, 4.69) is 0 Å². The number of benzene rings is 1. The van der Waals surface area contributed by atoms with Crippen LogP contribution in [0, 0.1) is 11.3 Å². The highest BCUT2D eigenvalue weighted by molar-refractivity contribution is 5.92. The summed E-state index contributed by atoms with van der Waals surface area (Å²) in [4.78, 5) is 26.0. The van der Waals surface area contributed by atoms with Crippen LogP contribution in [0.15, 0.2) is 41.0 Å². The van der Waals surface area contributed by atoms with Gasteiger partial charge in [-0.2, -0.15) is 5.26 Å². The Balaban J connectivity index is 1.99. The van der Waals surface area contributed by atoms with Crippen LogP contribution in [0.2, 0.25) is 0 Å². The molecule has 0 saturated carbocycles. The van der Waals surface area contributed by atoms with Crippen molar-refractivity contribution in [1.82, 2.24) is 4.90 Å². The lowest BCUT2D eigenvalue weighted by Gasteiger charge is -2.20. The van der Waals surface area contributed by atoms with Crippen molar-refractivity contribution in [3.05, 3.63) is 47.9 Å². The van der Waals surface area contributed by atoms with Gasteiger partial charge in [0.1, 0.15) is 5.76 Å². The predicted molar refractivity (Wildman–Crippen MR) is 94.2 cm³/mol. The quantitative estimate of drug-likeness (QED) is 0.623. The zero-order chi connectivity index (χ0) is 19.6. The van der Waals surface area contributed by atoms with Gasteiger partial charge in [0, 0.05) is 6.54 Å². The molecule has 8 heteroatoms. The Bertz CT molecular complexity index is 810. The Kier molecular flexibility index (Phi) is 7.26. The average Bonchev–Trinajstić information content (AvgIpc) is 3.21. The van der Waals surface area contributed by atoms with Gasteiger partial charge in [-0.25, -0.2) is 4.79 Å². The van der Waals surface area contributed by atoms with Crippen molar-refractivity contribution in [2.24, 2.45) is 0 Å². The molecule has 0 spiro atoms. The number of ether oxygens (including phenoxy) is 3. The van der Waals surface area contributed by atoms with Crippen LogP contribution in [0.4, 0.5) is 0 Å². The molecule has 0 aliphatic rings. The van der Waals surface area contributed by atoms with Gasteiger partial charge in [0.25, 0.3) is 5.91 Å². The van der Waals surface area contributed by atoms with Crippen LogP contribution in [0.1, 0.15) is 22.5 Å². The van der Waals surface area contributed by atoms with E-state index in [1.165, 1.54) is 37.5 Å². The maximum Gasteiger partial charge on any atom is 0.338 e. The molecular weight excluding hydrogens is 352 g/mol. The monoisotopic (exact) mass is 372 g/mol. The molecule has 1 aromatic heterocycles. The molecular formula is C19H20N2O6. The molecule has 1 heterocycles. The van der Waals surface area contributed by atoms with Crippen LogP contribution >= 0.6 is 0 Å². The molecule has 8 nitrogen and oxygen atoms in total. The number of carbonyl (C=O) groups excluding carboxylic acids is 2. The lowest BCUT2D eigenvalue weighted by atomic mass is 10.2. The van der Waals surface area contributed by atoms with Gasteiger partial charge in [-0.3, -0.25) is 4.79 Å². The zero-order valence-electron chi connectivity index (χ0n) is 15.1. The second kappa shape index (κ2) is 9.87. The first kappa shape index (κ1) is 19.8. The first-order chi connectivity index (χ1) is 13.1. The summed E-state index contributed by atoms with van der Waals surface area (Å²) >= 11 is 0. The van der Waals surface area contributed by atoms with Gasteiger partial charge in [0.05, 0.1) is 45.1 Å². The normalized spacial score (nSPS) is 9.96. The number of nitrogens with zero attached hydrogens (tertiary/aromatic N) is 2. The molecule has 27 heavy (non-hydrogen) atoms. The van der Waals surface area contributed by atoms with Crippen molar-refractivity contribution < 1.29 is 28.2 Å². The summed E-state index contributed by atoms with van der Waals surface area (Å²) in [6.45, 7) is -0.0370. The lowest BCUT2D eigenvalue weighted by Crippen LogP contribution is -2.34. The minimum Gasteiger partial charge on any atom is -0.493 e. The van der Waals surface area contributed by atoms with E-state index >= 15 is 0 Å². The molecule has 0 aliphatic carbocycles. The molecule has 0 unspecified atom stereocenters. The Morgan fingerprint density at radius 3 is 2.59 bits per heavy atom. The molecule has 0 radical (unpaired) electrons. The second-order valence-corrected chi connectivity index (χ2v) is 5.45. The molecule has 0 aliphatic heterocycles. The van der Waals surface area contributed by atoms with Crippen molar-refractivity contribution in [2.45, 2.75) is 13.0 Å². The molecule has 0 atom stereocenters. The number of hydrogen-bond acceptors (Lipinski definition) is 7. The van der Waals surface area contributed by atoms with Crippen LogP contribution in [0.5, 0.6) is 11.5 Å². The van der Waals surface area contributed by atoms with Crippen molar-refractivity contribution in [2.75, 3.05) is 27.4 Å². The van der Waals surface area contributed by atoms with Crippen LogP contribution < -0.4 is 9.47 Å². The molecule has 0 N–H and O–H groups in total. The van der Waals surface area contributed by atoms with Gasteiger partial charge in [-0.15, -0.1) is 0 Å². The van der Waals surface area contributed by atoms with E-state index in [9.17, 15) is 9.59 Å². The number of furan rings is 1. The Labute approximate surface area is 156 Å². The third-order valence-electron chi connectivity index (χ3n) is 3.72. The summed E-state index contributed by atoms with van der Waals surface area (Å²) in [5.41, 5.74) is 0.232. The Hall–Kier alpha value is -3.47. The largest absolute Gasteiger partial charge is 0.493 e. The van der Waals surface area contributed by atoms with Crippen molar-refractivity contribution in [3.8, 4) is 17.6 Å². The first-order valence-corrected chi connectivity index (χ1v) is 8.15. The first-order valence-electron chi connectivity index (χ1n) is 8.15. The Morgan fingerprint density at radius 2 is 1.96 bits per heavy atom. The minimum absolute atomic E-state index is 0.163. The Morgan fingerprint density at radius 1 is 1.19 bits per heavy atom. The average molecular weight is 372 g/mol. The number of methoxy groups -OCH3 is 2. The molecule has 1 aromatic carbocycles. The number of esters is 1. The summed E-state index contributed by atoms with van der Waals surface area (Å²) in [5, 5.41) is 8.76. The SMILES string of the molecule is COc1ccc(C(=O)OCC(=O)N(CCC#N)Cc2ccco2)cc1OC. The standard InChI is InChI=1S/C19H20N2O6/c1-24-16-7-6-14(11-17(16)25-2)19(23)27-13-18(22)21(9-4-8-20)12-15-5-3-10-26-15/h3,5-7,10-11H,4,9,12-13H2,1-2H3. The number of rotatable bonds is 9. The summed E-state index contributed by atoms with van der Waals surface area (Å²) in [6, 6.07) is 9.99. The van der Waals surface area contributed by atoms with E-state index in [0.29, 0.717) is 17.3 Å². The summed E-state index contributed by atoms with van der Waals surface area (Å²) in [5.74, 6) is 0.350. The number of carbonyl (C=O) groups is 2. The van der Waals surface area contributed by atoms with E-state index in [4.69, 9.17) is 23.9 Å². The number of amides is 1. The van der Waals surface area contributed by atoms with Crippen molar-refractivity contribution in [3.63, 3.8) is 0 Å². The summed E-state index contributed by atoms with van der Waals surface area (Å²) < 4.78 is 20.6. The van der Waals surface area contributed by atoms with E-state index in [1.807, 2.05) is 6.07 Å². The van der Waals surface area contributed by atoms with Crippen LogP contribution in [-0.4, -0.2) is 44.1 Å². The van der Waals surface area contributed by atoms with E-state index in [1.54, 1.807) is 18.2 Å². The van der Waals surface area contributed by atoms with E-state index in [-0.39, 0.29) is 25.1 Å². The number of nitriles is 1. The third-order valence-corrected chi connectivity index (χ3v) is 3.72. The van der Waals surface area contributed by atoms with Gasteiger partial charge in [-0.1, -0.05) is 0 Å². The second-order valence-electron chi connectivity index (χ2n) is 5.45. The van der Waals surface area contributed by atoms with Crippen molar-refractivity contribution >= 4 is 11.9 Å². The lowest BCUT2D eigenvalue weighted by molar-refractivity contribution is -0.135. The molecule has 142 valence electrons. The summed E-state index contributed by atoms with van der Waals surface area (Å²) in [7, 11) is 2.95. The fourth-order valence-electron chi connectivity index (χ4n) is 2.33. The molecule has 1 amide bonds. The van der Waals surface area contributed by atoms with Gasteiger partial charge < -0.3 is 23.5 Å². The summed E-state index contributed by atoms with van der Waals surface area (Å²) in [6.07, 6.45) is 1.66. The van der Waals surface area contributed by atoms with Gasteiger partial charge in [-0.05, 0) is 30.3 Å². The van der Waals surface area contributed by atoms with Crippen LogP contribution in [0.3, 0.4) is 0 Å². The van der Waals surface area contributed by atoms with E-state index in [0.717, 1.165) is 0 Å². The molecule has 2 aromatic rings. The fourth-order valence-corrected chi connectivity index (χ4v) is 2.33. The van der Waals surface area contributed by atoms with Gasteiger partial charge in [0.15, 0.2) is 18.1 Å². The van der Waals surface area contributed by atoms with Gasteiger partial charge >= 0.3 is 5.97 Å². The minimum atomic E-state index is -0.664. The highest BCUT2D eigenvalue weighted by Crippen LogP contribution is 2.27. The third kappa shape index (κ3) is 5.51. The molecule has 2 rings (SSSR count). The zero-order valence-corrected chi connectivity index (χ0v) is 15.1. The fraction of sp³-hybridized carbons (Fsp3) is 0.316. The molecule has 0 saturated heterocycles. The highest BCUT2D eigenvalue weighted by Gasteiger charge is 2.18. The predicted octanol–water partition coefficient (Wildman–Crippen LogP) is 2.40. The maximum atomic E-state index is 12.4. The number of hydrogen-bond donors (Lipinski definition) is 0. The van der Waals surface area contributed by atoms with E-state index < -0.39 is 18.5 Å². The highest BCUT2D eigenvalue weighted by atomic mass is 16.5. The maximum absolute atomic E-state index is 12.4. The van der Waals surface area contributed by atoms with Gasteiger partial charge in [0.2, 0.25) is 0 Å². The van der Waals surface area contributed by atoms with Crippen molar-refractivity contribution in [1.29, 1.82) is 5.26 Å². The van der Waals surface area contributed by atoms with Crippen LogP contribution in [0.25, 0.3) is 0 Å². The smallest absolute Gasteiger partial charge is 0.338 e. The molecule has 0 bridgehead atoms.